The highest BCUT2D eigenvalue weighted by Gasteiger charge is 2.18. The summed E-state index contributed by atoms with van der Waals surface area (Å²) >= 11 is 0. The van der Waals surface area contributed by atoms with E-state index in [9.17, 15) is 9.59 Å². The molecule has 0 saturated carbocycles. The van der Waals surface area contributed by atoms with Gasteiger partial charge in [-0.2, -0.15) is 0 Å². The molecule has 4 aromatic rings. The largest absolute Gasteiger partial charge is 0.467 e. The van der Waals surface area contributed by atoms with Crippen molar-refractivity contribution in [3.05, 3.63) is 94.9 Å². The minimum atomic E-state index is -0.142. The number of hydrogen-bond donors (Lipinski definition) is 0. The van der Waals surface area contributed by atoms with Crippen molar-refractivity contribution in [1.82, 2.24) is 9.55 Å². The predicted octanol–water partition coefficient (Wildman–Crippen LogP) is 3.92. The summed E-state index contributed by atoms with van der Waals surface area (Å²) in [5.41, 5.74) is 2.42. The third kappa shape index (κ3) is 4.11. The van der Waals surface area contributed by atoms with Gasteiger partial charge in [0.05, 0.1) is 30.0 Å². The molecule has 146 valence electrons. The van der Waals surface area contributed by atoms with E-state index in [2.05, 4.69) is 4.98 Å². The molecule has 4 rings (SSSR count). The van der Waals surface area contributed by atoms with Gasteiger partial charge >= 0.3 is 0 Å². The Morgan fingerprint density at radius 1 is 1.07 bits per heavy atom. The normalized spacial score (nSPS) is 10.9. The van der Waals surface area contributed by atoms with Crippen molar-refractivity contribution in [3.8, 4) is 0 Å². The maximum absolute atomic E-state index is 13.1. The predicted molar refractivity (Wildman–Crippen MR) is 112 cm³/mol. The van der Waals surface area contributed by atoms with Gasteiger partial charge in [-0.1, -0.05) is 29.8 Å². The molecule has 0 unspecified atom stereocenters. The molecule has 29 heavy (non-hydrogen) atoms. The standard InChI is InChI=1S/C23H21N3O3/c1-17-8-10-18(11-9-17)26(15-19-5-4-14-29-19)22(27)12-13-25-16-24-21-7-3-2-6-20(21)23(25)28/h2-11,14,16H,12-13,15H2,1H3. The number of carbonyl (C=O) groups excluding carboxylic acids is 1. The number of nitrogens with zero attached hydrogens (tertiary/aromatic N) is 3. The van der Waals surface area contributed by atoms with Crippen LogP contribution in [0.15, 0.2) is 82.5 Å². The van der Waals surface area contributed by atoms with Gasteiger partial charge in [0.25, 0.3) is 5.56 Å². The summed E-state index contributed by atoms with van der Waals surface area (Å²) in [5, 5.41) is 0.549. The fourth-order valence-electron chi connectivity index (χ4n) is 3.22. The summed E-state index contributed by atoms with van der Waals surface area (Å²) in [4.78, 5) is 31.7. The molecule has 0 atom stereocenters. The first-order chi connectivity index (χ1) is 14.1. The van der Waals surface area contributed by atoms with Crippen LogP contribution in [0.4, 0.5) is 5.69 Å². The molecule has 0 N–H and O–H groups in total. The van der Waals surface area contributed by atoms with Gasteiger partial charge in [-0.15, -0.1) is 0 Å². The molecule has 0 aliphatic carbocycles. The Kier molecular flexibility index (Phi) is 5.24. The number of rotatable bonds is 6. The second kappa shape index (κ2) is 8.14. The topological polar surface area (TPSA) is 68.3 Å². The van der Waals surface area contributed by atoms with Crippen molar-refractivity contribution >= 4 is 22.5 Å². The average Bonchev–Trinajstić information content (AvgIpc) is 3.26. The lowest BCUT2D eigenvalue weighted by atomic mass is 10.2. The van der Waals surface area contributed by atoms with Crippen molar-refractivity contribution in [2.45, 2.75) is 26.4 Å². The minimum Gasteiger partial charge on any atom is -0.467 e. The van der Waals surface area contributed by atoms with Crippen molar-refractivity contribution in [2.24, 2.45) is 0 Å². The number of aromatic nitrogens is 2. The van der Waals surface area contributed by atoms with E-state index in [0.29, 0.717) is 23.2 Å². The van der Waals surface area contributed by atoms with Crippen molar-refractivity contribution in [3.63, 3.8) is 0 Å². The zero-order valence-corrected chi connectivity index (χ0v) is 16.1. The summed E-state index contributed by atoms with van der Waals surface area (Å²) in [7, 11) is 0. The molecule has 0 saturated heterocycles. The van der Waals surface area contributed by atoms with Crippen LogP contribution in [0.5, 0.6) is 0 Å². The summed E-state index contributed by atoms with van der Waals surface area (Å²) in [6.07, 6.45) is 3.27. The molecule has 2 heterocycles. The van der Waals surface area contributed by atoms with E-state index in [1.54, 1.807) is 29.4 Å². The van der Waals surface area contributed by atoms with Gasteiger partial charge in [-0.25, -0.2) is 4.98 Å². The van der Waals surface area contributed by atoms with Gasteiger partial charge in [-0.3, -0.25) is 14.2 Å². The quantitative estimate of drug-likeness (QED) is 0.503. The fraction of sp³-hybridized carbons (Fsp3) is 0.174. The van der Waals surface area contributed by atoms with Crippen LogP contribution < -0.4 is 10.5 Å². The van der Waals surface area contributed by atoms with Crippen molar-refractivity contribution in [1.29, 1.82) is 0 Å². The first-order valence-corrected chi connectivity index (χ1v) is 9.45. The molecule has 2 aromatic carbocycles. The lowest BCUT2D eigenvalue weighted by Crippen LogP contribution is -2.32. The number of fused-ring (bicyclic) bond motifs is 1. The van der Waals surface area contributed by atoms with E-state index in [-0.39, 0.29) is 24.4 Å². The zero-order chi connectivity index (χ0) is 20.2. The molecule has 6 heteroatoms. The third-order valence-electron chi connectivity index (χ3n) is 4.84. The molecule has 0 aliphatic rings. The van der Waals surface area contributed by atoms with E-state index < -0.39 is 0 Å². The Bertz CT molecular complexity index is 1180. The highest BCUT2D eigenvalue weighted by Crippen LogP contribution is 2.20. The highest BCUT2D eigenvalue weighted by molar-refractivity contribution is 5.93. The lowest BCUT2D eigenvalue weighted by molar-refractivity contribution is -0.119. The summed E-state index contributed by atoms with van der Waals surface area (Å²) in [6.45, 7) is 2.59. The van der Waals surface area contributed by atoms with Crippen molar-refractivity contribution in [2.75, 3.05) is 4.90 Å². The monoisotopic (exact) mass is 387 g/mol. The van der Waals surface area contributed by atoms with Gasteiger partial charge in [0.1, 0.15) is 5.76 Å². The van der Waals surface area contributed by atoms with Crippen molar-refractivity contribution < 1.29 is 9.21 Å². The molecular formula is C23H21N3O3. The first kappa shape index (κ1) is 18.7. The van der Waals surface area contributed by atoms with Crippen LogP contribution in [0, 0.1) is 6.92 Å². The van der Waals surface area contributed by atoms with Crippen LogP contribution >= 0.6 is 0 Å². The maximum atomic E-state index is 13.1. The van der Waals surface area contributed by atoms with Crippen LogP contribution in [0.3, 0.4) is 0 Å². The Labute approximate surface area is 168 Å². The van der Waals surface area contributed by atoms with Gasteiger partial charge in [0, 0.05) is 18.7 Å². The molecule has 2 aromatic heterocycles. The van der Waals surface area contributed by atoms with Gasteiger partial charge in [0.2, 0.25) is 5.91 Å². The van der Waals surface area contributed by atoms with E-state index >= 15 is 0 Å². The van der Waals surface area contributed by atoms with Gasteiger partial charge in [-0.05, 0) is 43.3 Å². The molecule has 6 nitrogen and oxygen atoms in total. The number of amides is 1. The fourth-order valence-corrected chi connectivity index (χ4v) is 3.22. The number of aryl methyl sites for hydroxylation is 2. The SMILES string of the molecule is Cc1ccc(N(Cc2ccco2)C(=O)CCn2cnc3ccccc3c2=O)cc1. The average molecular weight is 387 g/mol. The van der Waals surface area contributed by atoms with E-state index in [0.717, 1.165) is 11.3 Å². The van der Waals surface area contributed by atoms with Gasteiger partial charge < -0.3 is 9.32 Å². The Morgan fingerprint density at radius 3 is 2.62 bits per heavy atom. The molecule has 0 spiro atoms. The van der Waals surface area contributed by atoms with E-state index in [1.165, 1.54) is 10.9 Å². The summed E-state index contributed by atoms with van der Waals surface area (Å²) in [5.74, 6) is 0.605. The van der Waals surface area contributed by atoms with Crippen LogP contribution in [0.2, 0.25) is 0 Å². The van der Waals surface area contributed by atoms with E-state index in [4.69, 9.17) is 4.42 Å². The zero-order valence-electron chi connectivity index (χ0n) is 16.1. The Hall–Kier alpha value is -3.67. The molecule has 0 bridgehead atoms. The number of para-hydroxylation sites is 1. The smallest absolute Gasteiger partial charge is 0.261 e. The summed E-state index contributed by atoms with van der Waals surface area (Å²) in [6, 6.07) is 18.6. The van der Waals surface area contributed by atoms with Crippen LogP contribution in [0.1, 0.15) is 17.7 Å². The lowest BCUT2D eigenvalue weighted by Gasteiger charge is -2.22. The second-order valence-corrected chi connectivity index (χ2v) is 6.91. The first-order valence-electron chi connectivity index (χ1n) is 9.45. The van der Waals surface area contributed by atoms with Crippen LogP contribution in [0.25, 0.3) is 10.9 Å². The highest BCUT2D eigenvalue weighted by atomic mass is 16.3. The number of benzene rings is 2. The number of carbonyl (C=O) groups is 1. The molecule has 0 radical (unpaired) electrons. The second-order valence-electron chi connectivity index (χ2n) is 6.91. The Balaban J connectivity index is 1.55. The van der Waals surface area contributed by atoms with Crippen LogP contribution in [-0.4, -0.2) is 15.5 Å². The minimum absolute atomic E-state index is 0.0923. The van der Waals surface area contributed by atoms with E-state index in [1.807, 2.05) is 49.4 Å². The molecular weight excluding hydrogens is 366 g/mol. The van der Waals surface area contributed by atoms with Gasteiger partial charge in [0.15, 0.2) is 0 Å². The number of furan rings is 1. The third-order valence-corrected chi connectivity index (χ3v) is 4.84. The van der Waals surface area contributed by atoms with Crippen LogP contribution in [-0.2, 0) is 17.9 Å². The molecule has 0 fully saturated rings. The molecule has 0 aliphatic heterocycles. The number of anilines is 1. The Morgan fingerprint density at radius 2 is 1.86 bits per heavy atom. The number of hydrogen-bond acceptors (Lipinski definition) is 4. The molecule has 1 amide bonds. The summed E-state index contributed by atoms with van der Waals surface area (Å²) < 4.78 is 6.92. The maximum Gasteiger partial charge on any atom is 0.261 e.